The van der Waals surface area contributed by atoms with Crippen LogP contribution in [0.25, 0.3) is 0 Å². The van der Waals surface area contributed by atoms with E-state index in [2.05, 4.69) is 11.7 Å². The van der Waals surface area contributed by atoms with Gasteiger partial charge in [0.1, 0.15) is 6.29 Å². The van der Waals surface area contributed by atoms with Crippen LogP contribution in [0.1, 0.15) is 19.8 Å². The monoisotopic (exact) mass is 151 g/mol. The van der Waals surface area contributed by atoms with Crippen LogP contribution in [-0.4, -0.2) is 30.6 Å². The molecule has 2 aliphatic rings. The summed E-state index contributed by atoms with van der Waals surface area (Å²) in [5.41, 5.74) is 0. The molecule has 0 saturated carbocycles. The van der Waals surface area contributed by atoms with Crippen molar-refractivity contribution in [2.24, 2.45) is 5.92 Å². The van der Waals surface area contributed by atoms with Crippen LogP contribution in [-0.2, 0) is 4.79 Å². The molecule has 3 heteroatoms. The minimum absolute atomic E-state index is 0.353. The zero-order valence-corrected chi connectivity index (χ0v) is 6.99. The van der Waals surface area contributed by atoms with Crippen molar-refractivity contribution in [2.75, 3.05) is 0 Å². The summed E-state index contributed by atoms with van der Waals surface area (Å²) < 4.78 is 0. The van der Waals surface area contributed by atoms with Gasteiger partial charge in [0, 0.05) is 5.92 Å². The molecule has 0 bridgehead atoms. The lowest BCUT2D eigenvalue weighted by atomic mass is 9.62. The Labute approximate surface area is 68.2 Å². The van der Waals surface area contributed by atoms with Crippen molar-refractivity contribution in [3.63, 3.8) is 0 Å². The van der Waals surface area contributed by atoms with E-state index in [0.717, 1.165) is 25.2 Å². The molecule has 0 aliphatic carbocycles. The lowest BCUT2D eigenvalue weighted by Crippen LogP contribution is -2.58. The van der Waals surface area contributed by atoms with Gasteiger partial charge in [0.15, 0.2) is 0 Å². The van der Waals surface area contributed by atoms with Crippen molar-refractivity contribution < 1.29 is 4.79 Å². The van der Waals surface area contributed by atoms with Gasteiger partial charge in [-0.2, -0.15) is 0 Å². The van der Waals surface area contributed by atoms with Crippen molar-refractivity contribution in [3.8, 4) is 0 Å². The highest BCUT2D eigenvalue weighted by atomic mass is 16.1. The van der Waals surface area contributed by atoms with E-state index in [1.165, 1.54) is 13.7 Å². The first-order valence-corrected chi connectivity index (χ1v) is 4.52. The molecule has 0 amide bonds. The van der Waals surface area contributed by atoms with Crippen LogP contribution in [0.3, 0.4) is 0 Å². The number of aldehydes is 1. The average molecular weight is 151 g/mol. The predicted molar refractivity (Wildman–Crippen MR) is 45.8 cm³/mol. The van der Waals surface area contributed by atoms with Crippen LogP contribution < -0.4 is 0 Å². The summed E-state index contributed by atoms with van der Waals surface area (Å²) >= 11 is 0. The number of nitrogens with zero attached hydrogens (tertiary/aromatic N) is 1. The molecule has 0 spiro atoms. The molecule has 2 rings (SSSR count). The van der Waals surface area contributed by atoms with E-state index >= 15 is 0 Å². The van der Waals surface area contributed by atoms with Crippen LogP contribution in [0.5, 0.6) is 0 Å². The Hall–Kier alpha value is -0.305. The summed E-state index contributed by atoms with van der Waals surface area (Å²) in [6, 6.07) is 1.40. The first-order chi connectivity index (χ1) is 5.31. The van der Waals surface area contributed by atoms with E-state index in [1.807, 2.05) is 0 Å². The Morgan fingerprint density at radius 1 is 1.55 bits per heavy atom. The van der Waals surface area contributed by atoms with Gasteiger partial charge in [-0.25, -0.2) is 0 Å². The second-order valence-corrected chi connectivity index (χ2v) is 3.90. The highest BCUT2D eigenvalue weighted by Crippen LogP contribution is 2.33. The summed E-state index contributed by atoms with van der Waals surface area (Å²) in [6.07, 6.45) is 4.66. The molecule has 2 aliphatic heterocycles. The number of hydrogen-bond acceptors (Lipinski definition) is 2. The molecule has 3 atom stereocenters. The summed E-state index contributed by atoms with van der Waals surface area (Å²) in [6.45, 7) is 2.24. The van der Waals surface area contributed by atoms with Crippen molar-refractivity contribution in [1.29, 1.82) is 0 Å². The van der Waals surface area contributed by atoms with Crippen molar-refractivity contribution in [3.05, 3.63) is 0 Å². The van der Waals surface area contributed by atoms with Crippen LogP contribution in [0.2, 0.25) is 6.32 Å². The fraction of sp³-hybridized carbons (Fsp3) is 0.875. The smallest absolute Gasteiger partial charge is 0.206 e. The molecule has 0 aromatic carbocycles. The van der Waals surface area contributed by atoms with Gasteiger partial charge in [-0.1, -0.05) is 6.92 Å². The Morgan fingerprint density at radius 3 is 2.82 bits per heavy atom. The van der Waals surface area contributed by atoms with Gasteiger partial charge in [0.05, 0.1) is 0 Å². The molecule has 0 radical (unpaired) electrons. The molecule has 2 fully saturated rings. The minimum Gasteiger partial charge on any atom is -0.341 e. The van der Waals surface area contributed by atoms with E-state index in [-0.39, 0.29) is 0 Å². The second-order valence-electron chi connectivity index (χ2n) is 3.90. The van der Waals surface area contributed by atoms with Crippen LogP contribution in [0, 0.1) is 5.92 Å². The van der Waals surface area contributed by atoms with Gasteiger partial charge < -0.3 is 9.61 Å². The maximum Gasteiger partial charge on any atom is 0.206 e. The number of rotatable bonds is 1. The van der Waals surface area contributed by atoms with Crippen molar-refractivity contribution >= 4 is 13.7 Å². The van der Waals surface area contributed by atoms with E-state index in [1.54, 1.807) is 0 Å². The first-order valence-electron chi connectivity index (χ1n) is 4.52. The molecule has 11 heavy (non-hydrogen) atoms. The van der Waals surface area contributed by atoms with Crippen LogP contribution in [0.4, 0.5) is 0 Å². The molecular weight excluding hydrogens is 137 g/mol. The summed E-state index contributed by atoms with van der Waals surface area (Å²) in [5.74, 6) is 0.353. The zero-order valence-electron chi connectivity index (χ0n) is 6.99. The first kappa shape index (κ1) is 7.35. The summed E-state index contributed by atoms with van der Waals surface area (Å²) in [7, 11) is 1.26. The highest BCUT2D eigenvalue weighted by Gasteiger charge is 2.38. The van der Waals surface area contributed by atoms with Gasteiger partial charge in [-0.3, -0.25) is 0 Å². The molecule has 0 N–H and O–H groups in total. The molecule has 3 unspecified atom stereocenters. The van der Waals surface area contributed by atoms with Gasteiger partial charge in [0.2, 0.25) is 7.41 Å². The Bertz CT molecular complexity index is 165. The minimum atomic E-state index is 0.353. The quantitative estimate of drug-likeness (QED) is 0.400. The Kier molecular flexibility index (Phi) is 1.76. The van der Waals surface area contributed by atoms with Gasteiger partial charge in [-0.15, -0.1) is 0 Å². The number of piperidine rings is 1. The highest BCUT2D eigenvalue weighted by molar-refractivity contribution is 6.36. The fourth-order valence-electron chi connectivity index (χ4n) is 2.42. The molecule has 0 aromatic heterocycles. The fourth-order valence-corrected chi connectivity index (χ4v) is 2.42. The van der Waals surface area contributed by atoms with E-state index in [4.69, 9.17) is 0 Å². The topological polar surface area (TPSA) is 20.3 Å². The normalized spacial score (nSPS) is 43.5. The standard InChI is InChI=1S/C8H14BNO/c1-6-2-7(5-11)3-8-4-9-10(6)8/h5-9H,2-4H2,1H3. The Morgan fingerprint density at radius 2 is 2.36 bits per heavy atom. The third-order valence-electron chi connectivity index (χ3n) is 3.17. The Balaban J connectivity index is 1.99. The number of hydrogen-bond donors (Lipinski definition) is 0. The van der Waals surface area contributed by atoms with Crippen molar-refractivity contribution in [1.82, 2.24) is 4.81 Å². The number of fused-ring (bicyclic) bond motifs is 1. The molecule has 2 saturated heterocycles. The maximum absolute atomic E-state index is 10.6. The van der Waals surface area contributed by atoms with E-state index in [9.17, 15) is 4.79 Å². The second kappa shape index (κ2) is 2.63. The van der Waals surface area contributed by atoms with Gasteiger partial charge in [0.25, 0.3) is 0 Å². The number of carbonyl (C=O) groups excluding carboxylic acids is 1. The van der Waals surface area contributed by atoms with Crippen molar-refractivity contribution in [2.45, 2.75) is 38.2 Å². The molecule has 60 valence electrons. The largest absolute Gasteiger partial charge is 0.341 e. The third-order valence-corrected chi connectivity index (χ3v) is 3.17. The number of carbonyl (C=O) groups is 1. The lowest BCUT2D eigenvalue weighted by molar-refractivity contribution is -0.113. The SMILES string of the molecule is CC1CC(C=O)CC2CBN12. The maximum atomic E-state index is 10.6. The average Bonchev–Trinajstić information content (AvgIpc) is 1.93. The van der Waals surface area contributed by atoms with E-state index < -0.39 is 0 Å². The van der Waals surface area contributed by atoms with Crippen LogP contribution >= 0.6 is 0 Å². The molecular formula is C8H14BNO. The van der Waals surface area contributed by atoms with Crippen LogP contribution in [0.15, 0.2) is 0 Å². The zero-order chi connectivity index (χ0) is 7.84. The van der Waals surface area contributed by atoms with E-state index in [0.29, 0.717) is 12.0 Å². The van der Waals surface area contributed by atoms with Gasteiger partial charge in [-0.05, 0) is 31.2 Å². The summed E-state index contributed by atoms with van der Waals surface area (Å²) in [4.78, 5) is 13.1. The third kappa shape index (κ3) is 1.11. The lowest BCUT2D eigenvalue weighted by Gasteiger charge is -2.50. The molecule has 0 aromatic rings. The predicted octanol–water partition coefficient (Wildman–Crippen LogP) is 0.438. The molecule has 2 heterocycles. The summed E-state index contributed by atoms with van der Waals surface area (Å²) in [5, 5.41) is 0. The van der Waals surface area contributed by atoms with Gasteiger partial charge >= 0.3 is 0 Å². The molecule has 2 nitrogen and oxygen atoms in total.